The van der Waals surface area contributed by atoms with E-state index in [2.05, 4.69) is 10.6 Å². The first kappa shape index (κ1) is 23.6. The Morgan fingerprint density at radius 1 is 1.12 bits per heavy atom. The van der Waals surface area contributed by atoms with Gasteiger partial charge in [-0.15, -0.1) is 0 Å². The van der Waals surface area contributed by atoms with Crippen molar-refractivity contribution in [3.63, 3.8) is 0 Å². The fraction of sp³-hybridized carbons (Fsp3) is 0.400. The molecule has 2 unspecified atom stereocenters. The summed E-state index contributed by atoms with van der Waals surface area (Å²) >= 11 is 0. The van der Waals surface area contributed by atoms with Crippen LogP contribution in [0.2, 0.25) is 0 Å². The van der Waals surface area contributed by atoms with Crippen LogP contribution in [0.15, 0.2) is 48.5 Å². The molecule has 2 aromatic rings. The number of anilines is 1. The van der Waals surface area contributed by atoms with E-state index in [1.807, 2.05) is 30.3 Å². The van der Waals surface area contributed by atoms with Crippen molar-refractivity contribution in [2.75, 3.05) is 39.2 Å². The third-order valence-corrected chi connectivity index (χ3v) is 6.30. The van der Waals surface area contributed by atoms with Crippen molar-refractivity contribution in [2.45, 2.75) is 31.3 Å². The maximum Gasteiger partial charge on any atom is 0.327 e. The lowest BCUT2D eigenvalue weighted by atomic mass is 9.93. The standard InChI is InChI=1S/C25H30N4O5/c1-33-18-10-11-19(21(15-18)34-2)27-22(30)16-29-20-9-6-13-26-23(20)24(31)28(25(29)32)14-12-17-7-4-3-5-8-17/h3-5,7-8,10-11,15,20,23,26H,6,9,12-14,16H2,1-2H3,(H,27,30). The van der Waals surface area contributed by atoms with Gasteiger partial charge in [0.05, 0.1) is 25.9 Å². The minimum atomic E-state index is -0.509. The highest BCUT2D eigenvalue weighted by Crippen LogP contribution is 2.30. The Morgan fingerprint density at radius 2 is 1.91 bits per heavy atom. The van der Waals surface area contributed by atoms with E-state index in [1.54, 1.807) is 25.3 Å². The molecule has 4 amide bonds. The summed E-state index contributed by atoms with van der Waals surface area (Å²) in [4.78, 5) is 42.3. The van der Waals surface area contributed by atoms with Crippen LogP contribution in [-0.2, 0) is 16.0 Å². The van der Waals surface area contributed by atoms with Gasteiger partial charge in [0.15, 0.2) is 0 Å². The van der Waals surface area contributed by atoms with Gasteiger partial charge in [0.1, 0.15) is 24.1 Å². The second-order valence-electron chi connectivity index (χ2n) is 8.39. The van der Waals surface area contributed by atoms with E-state index in [4.69, 9.17) is 9.47 Å². The van der Waals surface area contributed by atoms with Gasteiger partial charge >= 0.3 is 6.03 Å². The summed E-state index contributed by atoms with van der Waals surface area (Å²) in [5.41, 5.74) is 1.52. The molecule has 180 valence electrons. The lowest BCUT2D eigenvalue weighted by molar-refractivity contribution is -0.138. The Morgan fingerprint density at radius 3 is 2.65 bits per heavy atom. The Labute approximate surface area is 199 Å². The van der Waals surface area contributed by atoms with Crippen LogP contribution in [0.1, 0.15) is 18.4 Å². The molecular formula is C25H30N4O5. The number of carbonyl (C=O) groups is 3. The zero-order chi connectivity index (χ0) is 24.1. The lowest BCUT2D eigenvalue weighted by Crippen LogP contribution is -2.70. The molecule has 0 aromatic heterocycles. The summed E-state index contributed by atoms with van der Waals surface area (Å²) in [5.74, 6) is 0.469. The van der Waals surface area contributed by atoms with Crippen LogP contribution < -0.4 is 20.1 Å². The molecule has 2 aliphatic heterocycles. The number of nitrogens with zero attached hydrogens (tertiary/aromatic N) is 2. The molecule has 0 saturated carbocycles. The molecule has 0 spiro atoms. The summed E-state index contributed by atoms with van der Waals surface area (Å²) in [7, 11) is 3.06. The number of benzene rings is 2. The number of ether oxygens (including phenoxy) is 2. The number of piperidine rings is 1. The molecule has 9 heteroatoms. The van der Waals surface area contributed by atoms with Gasteiger partial charge in [0.2, 0.25) is 11.8 Å². The van der Waals surface area contributed by atoms with Crippen LogP contribution in [0, 0.1) is 0 Å². The average Bonchev–Trinajstić information content (AvgIpc) is 2.87. The zero-order valence-electron chi connectivity index (χ0n) is 19.5. The number of nitrogens with one attached hydrogen (secondary N) is 2. The fourth-order valence-electron chi connectivity index (χ4n) is 4.54. The second-order valence-corrected chi connectivity index (χ2v) is 8.39. The summed E-state index contributed by atoms with van der Waals surface area (Å²) in [5, 5.41) is 6.08. The number of hydrogen-bond donors (Lipinski definition) is 2. The fourth-order valence-corrected chi connectivity index (χ4v) is 4.54. The summed E-state index contributed by atoms with van der Waals surface area (Å²) in [6.45, 7) is 0.805. The highest BCUT2D eigenvalue weighted by atomic mass is 16.5. The first-order chi connectivity index (χ1) is 16.5. The SMILES string of the molecule is COc1ccc(NC(=O)CN2C(=O)N(CCc3ccccc3)C(=O)C3NCCCC32)c(OC)c1. The van der Waals surface area contributed by atoms with Crippen LogP contribution in [0.4, 0.5) is 10.5 Å². The van der Waals surface area contributed by atoms with Crippen molar-refractivity contribution in [1.82, 2.24) is 15.1 Å². The summed E-state index contributed by atoms with van der Waals surface area (Å²) in [6.07, 6.45) is 2.05. The molecule has 2 N–H and O–H groups in total. The second kappa shape index (κ2) is 10.6. The Bertz CT molecular complexity index is 1040. The molecule has 0 radical (unpaired) electrons. The van der Waals surface area contributed by atoms with Crippen LogP contribution in [0.25, 0.3) is 0 Å². The molecule has 4 rings (SSSR count). The minimum Gasteiger partial charge on any atom is -0.497 e. The third-order valence-electron chi connectivity index (χ3n) is 6.30. The van der Waals surface area contributed by atoms with Gasteiger partial charge in [0.25, 0.3) is 0 Å². The largest absolute Gasteiger partial charge is 0.497 e. The monoisotopic (exact) mass is 466 g/mol. The first-order valence-electron chi connectivity index (χ1n) is 11.4. The predicted octanol–water partition coefficient (Wildman–Crippen LogP) is 2.27. The predicted molar refractivity (Wildman–Crippen MR) is 127 cm³/mol. The quantitative estimate of drug-likeness (QED) is 0.619. The topological polar surface area (TPSA) is 100 Å². The van der Waals surface area contributed by atoms with Crippen molar-refractivity contribution in [1.29, 1.82) is 0 Å². The Balaban J connectivity index is 1.50. The number of hydrogen-bond acceptors (Lipinski definition) is 6. The van der Waals surface area contributed by atoms with Crippen LogP contribution in [-0.4, -0.2) is 73.6 Å². The Kier molecular flexibility index (Phi) is 7.32. The van der Waals surface area contributed by atoms with Gasteiger partial charge in [-0.05, 0) is 43.5 Å². The van der Waals surface area contributed by atoms with E-state index in [0.29, 0.717) is 36.6 Å². The van der Waals surface area contributed by atoms with Crippen molar-refractivity contribution in [3.05, 3.63) is 54.1 Å². The summed E-state index contributed by atoms with van der Waals surface area (Å²) < 4.78 is 10.6. The molecule has 2 fully saturated rings. The molecular weight excluding hydrogens is 436 g/mol. The van der Waals surface area contributed by atoms with Crippen LogP contribution in [0.5, 0.6) is 11.5 Å². The maximum absolute atomic E-state index is 13.4. The average molecular weight is 467 g/mol. The highest BCUT2D eigenvalue weighted by molar-refractivity contribution is 6.03. The highest BCUT2D eigenvalue weighted by Gasteiger charge is 2.47. The Hall–Kier alpha value is -3.59. The van der Waals surface area contributed by atoms with Gasteiger partial charge in [0, 0.05) is 12.6 Å². The molecule has 9 nitrogen and oxygen atoms in total. The number of urea groups is 1. The maximum atomic E-state index is 13.4. The molecule has 2 saturated heterocycles. The lowest BCUT2D eigenvalue weighted by Gasteiger charge is -2.46. The smallest absolute Gasteiger partial charge is 0.327 e. The van der Waals surface area contributed by atoms with Crippen molar-refractivity contribution < 1.29 is 23.9 Å². The number of methoxy groups -OCH3 is 2. The molecule has 2 aromatic carbocycles. The van der Waals surface area contributed by atoms with Crippen molar-refractivity contribution in [3.8, 4) is 11.5 Å². The molecule has 0 aliphatic carbocycles. The van der Waals surface area contributed by atoms with E-state index in [9.17, 15) is 14.4 Å². The molecule has 2 atom stereocenters. The number of imide groups is 1. The molecule has 2 heterocycles. The minimum absolute atomic E-state index is 0.161. The van der Waals surface area contributed by atoms with E-state index < -0.39 is 12.1 Å². The first-order valence-corrected chi connectivity index (χ1v) is 11.4. The van der Waals surface area contributed by atoms with E-state index in [0.717, 1.165) is 12.0 Å². The van der Waals surface area contributed by atoms with Gasteiger partial charge in [-0.25, -0.2) is 4.79 Å². The zero-order valence-corrected chi connectivity index (χ0v) is 19.5. The van der Waals surface area contributed by atoms with Crippen molar-refractivity contribution >= 4 is 23.5 Å². The van der Waals surface area contributed by atoms with E-state index in [-0.39, 0.29) is 30.9 Å². The summed E-state index contributed by atoms with van der Waals surface area (Å²) in [6, 6.07) is 13.5. The number of fused-ring (bicyclic) bond motifs is 1. The number of rotatable bonds is 8. The van der Waals surface area contributed by atoms with Gasteiger partial charge in [-0.3, -0.25) is 14.5 Å². The van der Waals surface area contributed by atoms with Gasteiger partial charge in [-0.2, -0.15) is 0 Å². The van der Waals surface area contributed by atoms with Crippen LogP contribution >= 0.6 is 0 Å². The third kappa shape index (κ3) is 4.99. The van der Waals surface area contributed by atoms with E-state index >= 15 is 0 Å². The van der Waals surface area contributed by atoms with E-state index in [1.165, 1.54) is 16.9 Å². The van der Waals surface area contributed by atoms with Crippen LogP contribution in [0.3, 0.4) is 0 Å². The molecule has 2 aliphatic rings. The normalized spacial score (nSPS) is 20.1. The molecule has 0 bridgehead atoms. The number of amides is 4. The van der Waals surface area contributed by atoms with Gasteiger partial charge in [-0.1, -0.05) is 30.3 Å². The van der Waals surface area contributed by atoms with Crippen molar-refractivity contribution in [2.24, 2.45) is 0 Å². The van der Waals surface area contributed by atoms with Gasteiger partial charge < -0.3 is 25.0 Å². The molecule has 34 heavy (non-hydrogen) atoms. The number of carbonyl (C=O) groups excluding carboxylic acids is 3.